The van der Waals surface area contributed by atoms with Crippen LogP contribution >= 0.6 is 0 Å². The number of ether oxygens (including phenoxy) is 1. The predicted octanol–water partition coefficient (Wildman–Crippen LogP) is 1.58. The molecule has 3 heterocycles. The van der Waals surface area contributed by atoms with Crippen molar-refractivity contribution in [1.29, 1.82) is 0 Å². The second kappa shape index (κ2) is 6.02. The summed E-state index contributed by atoms with van der Waals surface area (Å²) >= 11 is 0. The first-order valence-corrected chi connectivity index (χ1v) is 7.66. The van der Waals surface area contributed by atoms with Gasteiger partial charge in [0.15, 0.2) is 5.96 Å². The van der Waals surface area contributed by atoms with E-state index in [0.717, 1.165) is 44.5 Å². The van der Waals surface area contributed by atoms with Crippen LogP contribution in [0.5, 0.6) is 0 Å². The van der Waals surface area contributed by atoms with Gasteiger partial charge in [-0.3, -0.25) is 9.98 Å². The van der Waals surface area contributed by atoms with E-state index in [2.05, 4.69) is 26.3 Å². The molecule has 1 unspecified atom stereocenters. The van der Waals surface area contributed by atoms with Crippen LogP contribution in [0.2, 0.25) is 0 Å². The summed E-state index contributed by atoms with van der Waals surface area (Å²) in [7, 11) is 1.85. The molecule has 2 saturated heterocycles. The summed E-state index contributed by atoms with van der Waals surface area (Å²) in [5, 5.41) is 3.45. The van der Waals surface area contributed by atoms with Gasteiger partial charge in [-0.25, -0.2) is 0 Å². The molecule has 1 aromatic heterocycles. The Morgan fingerprint density at radius 2 is 2.38 bits per heavy atom. The van der Waals surface area contributed by atoms with E-state index in [1.54, 1.807) is 0 Å². The summed E-state index contributed by atoms with van der Waals surface area (Å²) in [4.78, 5) is 11.1. The molecule has 2 aliphatic rings. The Hall–Kier alpha value is -1.62. The molecule has 0 bridgehead atoms. The highest BCUT2D eigenvalue weighted by atomic mass is 16.5. The van der Waals surface area contributed by atoms with E-state index in [0.29, 0.717) is 5.41 Å². The average Bonchev–Trinajstić information content (AvgIpc) is 3.13. The van der Waals surface area contributed by atoms with Crippen LogP contribution in [0.15, 0.2) is 23.3 Å². The van der Waals surface area contributed by atoms with Gasteiger partial charge in [0.25, 0.3) is 0 Å². The van der Waals surface area contributed by atoms with Gasteiger partial charge in [-0.1, -0.05) is 6.07 Å². The number of pyridine rings is 1. The van der Waals surface area contributed by atoms with Crippen molar-refractivity contribution >= 4 is 5.96 Å². The third-order valence-corrected chi connectivity index (χ3v) is 4.56. The first-order valence-electron chi connectivity index (χ1n) is 7.66. The van der Waals surface area contributed by atoms with Gasteiger partial charge in [0, 0.05) is 50.6 Å². The lowest BCUT2D eigenvalue weighted by Crippen LogP contribution is -2.41. The highest BCUT2D eigenvalue weighted by Gasteiger charge is 2.42. The number of likely N-dealkylation sites (tertiary alicyclic amines) is 1. The quantitative estimate of drug-likeness (QED) is 0.663. The zero-order valence-corrected chi connectivity index (χ0v) is 12.9. The highest BCUT2D eigenvalue weighted by Crippen LogP contribution is 2.38. The third-order valence-electron chi connectivity index (χ3n) is 4.56. The molecule has 0 aliphatic carbocycles. The fourth-order valence-electron chi connectivity index (χ4n) is 3.20. The Labute approximate surface area is 126 Å². The fraction of sp³-hybridized carbons (Fsp3) is 0.625. The molecule has 1 N–H and O–H groups in total. The van der Waals surface area contributed by atoms with Crippen LogP contribution in [0.4, 0.5) is 0 Å². The molecular formula is C16H24N4O. The maximum Gasteiger partial charge on any atom is 0.193 e. The predicted molar refractivity (Wildman–Crippen MR) is 83.2 cm³/mol. The van der Waals surface area contributed by atoms with Crippen molar-refractivity contribution < 1.29 is 4.74 Å². The van der Waals surface area contributed by atoms with Crippen molar-refractivity contribution in [3.05, 3.63) is 29.6 Å². The van der Waals surface area contributed by atoms with Crippen LogP contribution < -0.4 is 5.32 Å². The molecule has 2 fully saturated rings. The maximum absolute atomic E-state index is 5.59. The smallest absolute Gasteiger partial charge is 0.193 e. The molecule has 2 aliphatic heterocycles. The number of guanidine groups is 1. The van der Waals surface area contributed by atoms with E-state index < -0.39 is 0 Å². The summed E-state index contributed by atoms with van der Waals surface area (Å²) in [6, 6.07) is 4.15. The Bertz CT molecular complexity index is 506. The normalized spacial score (nSPS) is 25.8. The second-order valence-corrected chi connectivity index (χ2v) is 6.18. The Morgan fingerprint density at radius 3 is 3.05 bits per heavy atom. The molecule has 5 heteroatoms. The number of aromatic nitrogens is 1. The third kappa shape index (κ3) is 3.18. The molecular weight excluding hydrogens is 264 g/mol. The average molecular weight is 288 g/mol. The van der Waals surface area contributed by atoms with Crippen LogP contribution in [0.1, 0.15) is 24.1 Å². The molecule has 0 radical (unpaired) electrons. The van der Waals surface area contributed by atoms with Gasteiger partial charge in [0.1, 0.15) is 0 Å². The minimum atomic E-state index is 0.364. The Morgan fingerprint density at radius 1 is 1.48 bits per heavy atom. The Balaban J connectivity index is 1.57. The maximum atomic E-state index is 5.59. The van der Waals surface area contributed by atoms with Crippen molar-refractivity contribution in [2.45, 2.75) is 26.3 Å². The van der Waals surface area contributed by atoms with Gasteiger partial charge in [-0.15, -0.1) is 0 Å². The molecule has 0 aromatic carbocycles. The van der Waals surface area contributed by atoms with E-state index in [-0.39, 0.29) is 0 Å². The SMILES string of the molecule is CN=C(NCc1ccc(C)nc1)N1CCC2(CCOC2)C1. The van der Waals surface area contributed by atoms with Gasteiger partial charge in [0.05, 0.1) is 6.61 Å². The van der Waals surface area contributed by atoms with E-state index in [1.165, 1.54) is 18.4 Å². The van der Waals surface area contributed by atoms with Crippen LogP contribution in [0, 0.1) is 12.3 Å². The van der Waals surface area contributed by atoms with Crippen molar-refractivity contribution in [3.63, 3.8) is 0 Å². The number of nitrogens with zero attached hydrogens (tertiary/aromatic N) is 3. The summed E-state index contributed by atoms with van der Waals surface area (Å²) in [5.74, 6) is 0.986. The van der Waals surface area contributed by atoms with Crippen molar-refractivity contribution in [1.82, 2.24) is 15.2 Å². The summed E-state index contributed by atoms with van der Waals surface area (Å²) in [6.45, 7) is 6.70. The van der Waals surface area contributed by atoms with E-state index in [1.807, 2.05) is 26.2 Å². The van der Waals surface area contributed by atoms with E-state index >= 15 is 0 Å². The minimum Gasteiger partial charge on any atom is -0.381 e. The molecule has 21 heavy (non-hydrogen) atoms. The largest absolute Gasteiger partial charge is 0.381 e. The molecule has 1 atom stereocenters. The fourth-order valence-corrected chi connectivity index (χ4v) is 3.20. The minimum absolute atomic E-state index is 0.364. The molecule has 0 saturated carbocycles. The van der Waals surface area contributed by atoms with Gasteiger partial charge in [-0.05, 0) is 31.4 Å². The highest BCUT2D eigenvalue weighted by molar-refractivity contribution is 5.80. The first kappa shape index (κ1) is 14.3. The van der Waals surface area contributed by atoms with Crippen molar-refractivity contribution in [3.8, 4) is 0 Å². The van der Waals surface area contributed by atoms with Crippen molar-refractivity contribution in [2.75, 3.05) is 33.4 Å². The van der Waals surface area contributed by atoms with Crippen molar-refractivity contribution in [2.24, 2.45) is 10.4 Å². The zero-order chi connectivity index (χ0) is 14.7. The number of hydrogen-bond donors (Lipinski definition) is 1. The lowest BCUT2D eigenvalue weighted by atomic mass is 9.87. The Kier molecular flexibility index (Phi) is 4.10. The molecule has 114 valence electrons. The van der Waals surface area contributed by atoms with Gasteiger partial charge < -0.3 is 15.0 Å². The van der Waals surface area contributed by atoms with E-state index in [4.69, 9.17) is 4.74 Å². The zero-order valence-electron chi connectivity index (χ0n) is 12.9. The summed E-state index contributed by atoms with van der Waals surface area (Å²) < 4.78 is 5.59. The topological polar surface area (TPSA) is 49.8 Å². The second-order valence-electron chi connectivity index (χ2n) is 6.18. The number of aliphatic imine (C=N–C) groups is 1. The van der Waals surface area contributed by atoms with Gasteiger partial charge >= 0.3 is 0 Å². The van der Waals surface area contributed by atoms with Crippen LogP contribution in [0.3, 0.4) is 0 Å². The summed E-state index contributed by atoms with van der Waals surface area (Å²) in [6.07, 6.45) is 4.31. The number of nitrogens with one attached hydrogen (secondary N) is 1. The molecule has 0 amide bonds. The number of hydrogen-bond acceptors (Lipinski definition) is 3. The van der Waals surface area contributed by atoms with Gasteiger partial charge in [0.2, 0.25) is 0 Å². The molecule has 5 nitrogen and oxygen atoms in total. The summed E-state index contributed by atoms with van der Waals surface area (Å²) in [5.41, 5.74) is 2.59. The molecule has 3 rings (SSSR count). The van der Waals surface area contributed by atoms with Gasteiger partial charge in [-0.2, -0.15) is 0 Å². The van der Waals surface area contributed by atoms with Crippen LogP contribution in [-0.2, 0) is 11.3 Å². The van der Waals surface area contributed by atoms with E-state index in [9.17, 15) is 0 Å². The van der Waals surface area contributed by atoms with Crippen LogP contribution in [0.25, 0.3) is 0 Å². The van der Waals surface area contributed by atoms with Crippen LogP contribution in [-0.4, -0.2) is 49.2 Å². The standard InChI is InChI=1S/C16H24N4O/c1-13-3-4-14(9-18-13)10-19-15(17-2)20-7-5-16(11-20)6-8-21-12-16/h3-4,9H,5-8,10-12H2,1-2H3,(H,17,19). The lowest BCUT2D eigenvalue weighted by molar-refractivity contribution is 0.156. The molecule has 1 aromatic rings. The number of rotatable bonds is 2. The first-order chi connectivity index (χ1) is 10.2. The monoisotopic (exact) mass is 288 g/mol. The lowest BCUT2D eigenvalue weighted by Gasteiger charge is -2.24. The number of aryl methyl sites for hydroxylation is 1. The molecule has 1 spiro atoms.